The van der Waals surface area contributed by atoms with E-state index in [2.05, 4.69) is 5.32 Å². The van der Waals surface area contributed by atoms with Gasteiger partial charge < -0.3 is 14.5 Å². The lowest BCUT2D eigenvalue weighted by Gasteiger charge is -2.07. The second-order valence-electron chi connectivity index (χ2n) is 5.60. The van der Waals surface area contributed by atoms with Crippen LogP contribution in [0.4, 0.5) is 5.69 Å². The molecule has 0 aliphatic heterocycles. The van der Waals surface area contributed by atoms with Crippen molar-refractivity contribution in [2.45, 2.75) is 0 Å². The molecule has 3 aromatic carbocycles. The van der Waals surface area contributed by atoms with Crippen LogP contribution in [0, 0.1) is 0 Å². The van der Waals surface area contributed by atoms with E-state index >= 15 is 0 Å². The summed E-state index contributed by atoms with van der Waals surface area (Å²) in [5.41, 5.74) is 2.29. The summed E-state index contributed by atoms with van der Waals surface area (Å²) in [4.78, 5) is 12.0. The lowest BCUT2D eigenvalue weighted by atomic mass is 10.1. The fourth-order valence-electron chi connectivity index (χ4n) is 2.67. The topological polar surface area (TPSA) is 51.5 Å². The van der Waals surface area contributed by atoms with Crippen molar-refractivity contribution in [3.63, 3.8) is 0 Å². The molecule has 0 radical (unpaired) electrons. The number of nitrogens with one attached hydrogen (secondary N) is 1. The molecule has 0 aliphatic rings. The molecule has 0 atom stereocenters. The molecule has 0 fully saturated rings. The molecule has 0 spiro atoms. The van der Waals surface area contributed by atoms with Crippen molar-refractivity contribution >= 4 is 45.1 Å². The number of ether oxygens (including phenoxy) is 1. The third kappa shape index (κ3) is 3.30. The first-order valence-corrected chi connectivity index (χ1v) is 8.16. The zero-order chi connectivity index (χ0) is 17.2. The van der Waals surface area contributed by atoms with Crippen LogP contribution < -0.4 is 10.1 Å². The lowest BCUT2D eigenvalue weighted by Crippen LogP contribution is -2.20. The number of carbonyl (C=O) groups is 1. The predicted molar refractivity (Wildman–Crippen MR) is 99.3 cm³/mol. The summed E-state index contributed by atoms with van der Waals surface area (Å²) in [6.45, 7) is -0.0794. The summed E-state index contributed by atoms with van der Waals surface area (Å²) in [6.07, 6.45) is 0. The standard InChI is InChI=1S/C20H14ClNO3/c21-13-5-7-14(8-6-13)22-20(23)12-24-15-9-10-19-17(11-15)16-3-1-2-4-18(16)25-19/h1-11H,12H2,(H,22,23). The molecule has 1 aromatic heterocycles. The van der Waals surface area contributed by atoms with Crippen molar-refractivity contribution in [3.8, 4) is 5.75 Å². The predicted octanol–water partition coefficient (Wildman–Crippen LogP) is 5.26. The van der Waals surface area contributed by atoms with E-state index in [1.165, 1.54) is 0 Å². The Morgan fingerprint density at radius 1 is 0.960 bits per heavy atom. The minimum atomic E-state index is -0.237. The third-order valence-corrected chi connectivity index (χ3v) is 4.10. The molecule has 1 amide bonds. The number of benzene rings is 3. The number of fused-ring (bicyclic) bond motifs is 3. The van der Waals surface area contributed by atoms with Crippen LogP contribution >= 0.6 is 11.6 Å². The third-order valence-electron chi connectivity index (χ3n) is 3.85. The van der Waals surface area contributed by atoms with Gasteiger partial charge in [0.1, 0.15) is 16.9 Å². The summed E-state index contributed by atoms with van der Waals surface area (Å²) < 4.78 is 11.4. The number of hydrogen-bond donors (Lipinski definition) is 1. The molecule has 25 heavy (non-hydrogen) atoms. The molecule has 1 heterocycles. The zero-order valence-corrected chi connectivity index (χ0v) is 13.9. The number of rotatable bonds is 4. The molecule has 0 aliphatic carbocycles. The first-order valence-electron chi connectivity index (χ1n) is 7.78. The molecular weight excluding hydrogens is 338 g/mol. The van der Waals surface area contributed by atoms with Gasteiger partial charge in [0.25, 0.3) is 5.91 Å². The Kier molecular flexibility index (Phi) is 4.04. The Balaban J connectivity index is 1.48. The number of furan rings is 1. The van der Waals surface area contributed by atoms with Gasteiger partial charge in [0, 0.05) is 21.5 Å². The summed E-state index contributed by atoms with van der Waals surface area (Å²) in [5.74, 6) is 0.379. The second kappa shape index (κ2) is 6.49. The summed E-state index contributed by atoms with van der Waals surface area (Å²) in [5, 5.41) is 5.37. The van der Waals surface area contributed by atoms with Crippen LogP contribution in [0.15, 0.2) is 71.1 Å². The largest absolute Gasteiger partial charge is 0.484 e. The van der Waals surface area contributed by atoms with Crippen LogP contribution in [0.3, 0.4) is 0 Å². The first-order chi connectivity index (χ1) is 12.2. The van der Waals surface area contributed by atoms with Gasteiger partial charge in [-0.1, -0.05) is 29.8 Å². The van der Waals surface area contributed by atoms with Gasteiger partial charge in [0.2, 0.25) is 0 Å². The van der Waals surface area contributed by atoms with E-state index in [9.17, 15) is 4.79 Å². The van der Waals surface area contributed by atoms with Crippen molar-refractivity contribution in [2.75, 3.05) is 11.9 Å². The van der Waals surface area contributed by atoms with E-state index in [1.54, 1.807) is 30.3 Å². The highest BCUT2D eigenvalue weighted by atomic mass is 35.5. The number of anilines is 1. The van der Waals surface area contributed by atoms with Crippen molar-refractivity contribution < 1.29 is 13.9 Å². The van der Waals surface area contributed by atoms with Gasteiger partial charge in [0.15, 0.2) is 6.61 Å². The fourth-order valence-corrected chi connectivity index (χ4v) is 2.80. The Morgan fingerprint density at radius 2 is 1.72 bits per heavy atom. The maximum absolute atomic E-state index is 12.0. The lowest BCUT2D eigenvalue weighted by molar-refractivity contribution is -0.118. The zero-order valence-electron chi connectivity index (χ0n) is 13.2. The second-order valence-corrected chi connectivity index (χ2v) is 6.04. The molecule has 4 nitrogen and oxygen atoms in total. The van der Waals surface area contributed by atoms with E-state index in [0.29, 0.717) is 16.5 Å². The number of hydrogen-bond acceptors (Lipinski definition) is 3. The van der Waals surface area contributed by atoms with Gasteiger partial charge in [-0.3, -0.25) is 4.79 Å². The van der Waals surface area contributed by atoms with E-state index in [-0.39, 0.29) is 12.5 Å². The monoisotopic (exact) mass is 351 g/mol. The molecule has 0 saturated carbocycles. The minimum Gasteiger partial charge on any atom is -0.484 e. The number of carbonyl (C=O) groups excluding carboxylic acids is 1. The van der Waals surface area contributed by atoms with E-state index in [1.807, 2.05) is 36.4 Å². The average molecular weight is 352 g/mol. The van der Waals surface area contributed by atoms with Crippen LogP contribution in [0.25, 0.3) is 21.9 Å². The maximum atomic E-state index is 12.0. The highest BCUT2D eigenvalue weighted by molar-refractivity contribution is 6.30. The minimum absolute atomic E-state index is 0.0794. The van der Waals surface area contributed by atoms with Crippen LogP contribution in [-0.4, -0.2) is 12.5 Å². The molecular formula is C20H14ClNO3. The van der Waals surface area contributed by atoms with Crippen molar-refractivity contribution in [3.05, 3.63) is 71.8 Å². The molecule has 1 N–H and O–H groups in total. The molecule has 0 unspecified atom stereocenters. The van der Waals surface area contributed by atoms with Gasteiger partial charge in [-0.2, -0.15) is 0 Å². The van der Waals surface area contributed by atoms with Crippen LogP contribution in [0.1, 0.15) is 0 Å². The summed E-state index contributed by atoms with van der Waals surface area (Å²) in [7, 11) is 0. The van der Waals surface area contributed by atoms with Crippen molar-refractivity contribution in [1.82, 2.24) is 0 Å². The van der Waals surface area contributed by atoms with Crippen molar-refractivity contribution in [1.29, 1.82) is 0 Å². The molecule has 4 aromatic rings. The Hall–Kier alpha value is -2.98. The molecule has 4 rings (SSSR count). The Labute approximate surface area is 149 Å². The van der Waals surface area contributed by atoms with Gasteiger partial charge in [-0.25, -0.2) is 0 Å². The summed E-state index contributed by atoms with van der Waals surface area (Å²) >= 11 is 5.82. The molecule has 0 saturated heterocycles. The van der Waals surface area contributed by atoms with Crippen LogP contribution in [0.2, 0.25) is 5.02 Å². The summed E-state index contributed by atoms with van der Waals surface area (Å²) in [6, 6.07) is 20.3. The SMILES string of the molecule is O=C(COc1ccc2oc3ccccc3c2c1)Nc1ccc(Cl)cc1. The number of halogens is 1. The fraction of sp³-hybridized carbons (Fsp3) is 0.0500. The quantitative estimate of drug-likeness (QED) is 0.545. The average Bonchev–Trinajstić information content (AvgIpc) is 3.00. The maximum Gasteiger partial charge on any atom is 0.262 e. The smallest absolute Gasteiger partial charge is 0.262 e. The number of para-hydroxylation sites is 1. The molecule has 124 valence electrons. The Morgan fingerprint density at radius 3 is 2.56 bits per heavy atom. The van der Waals surface area contributed by atoms with Gasteiger partial charge in [0.05, 0.1) is 0 Å². The first kappa shape index (κ1) is 15.5. The van der Waals surface area contributed by atoms with Gasteiger partial charge in [-0.05, 0) is 48.5 Å². The number of amides is 1. The van der Waals surface area contributed by atoms with E-state index < -0.39 is 0 Å². The highest BCUT2D eigenvalue weighted by Gasteiger charge is 2.09. The Bertz CT molecular complexity index is 1050. The molecule has 0 bridgehead atoms. The van der Waals surface area contributed by atoms with Crippen LogP contribution in [-0.2, 0) is 4.79 Å². The highest BCUT2D eigenvalue weighted by Crippen LogP contribution is 2.31. The van der Waals surface area contributed by atoms with Crippen LogP contribution in [0.5, 0.6) is 5.75 Å². The van der Waals surface area contributed by atoms with E-state index in [0.717, 1.165) is 21.9 Å². The van der Waals surface area contributed by atoms with Gasteiger partial charge >= 0.3 is 0 Å². The van der Waals surface area contributed by atoms with Gasteiger partial charge in [-0.15, -0.1) is 0 Å². The van der Waals surface area contributed by atoms with E-state index in [4.69, 9.17) is 20.8 Å². The normalized spacial score (nSPS) is 10.9. The molecule has 5 heteroatoms. The van der Waals surface area contributed by atoms with Crippen molar-refractivity contribution in [2.24, 2.45) is 0 Å².